The maximum atomic E-state index is 3.70. The van der Waals surface area contributed by atoms with Gasteiger partial charge in [-0.05, 0) is 89.3 Å². The van der Waals surface area contributed by atoms with Crippen LogP contribution in [-0.2, 0) is 0 Å². The predicted octanol–water partition coefficient (Wildman–Crippen LogP) is 11.1. The molecule has 0 saturated heterocycles. The van der Waals surface area contributed by atoms with Crippen molar-refractivity contribution >= 4 is 55.7 Å². The third-order valence-electron chi connectivity index (χ3n) is 9.62. The van der Waals surface area contributed by atoms with Gasteiger partial charge < -0.3 is 20.4 Å². The fraction of sp³-hybridized carbons (Fsp3) is 0.0952. The van der Waals surface area contributed by atoms with Crippen LogP contribution in [0.25, 0.3) is 43.8 Å². The van der Waals surface area contributed by atoms with Crippen molar-refractivity contribution in [1.82, 2.24) is 0 Å². The van der Waals surface area contributed by atoms with E-state index in [0.717, 1.165) is 0 Å². The Morgan fingerprint density at radius 2 is 0.826 bits per heavy atom. The smallest absolute Gasteiger partial charge is 0.101 e. The van der Waals surface area contributed by atoms with Crippen molar-refractivity contribution in [2.45, 2.75) is 26.2 Å². The van der Waals surface area contributed by atoms with Gasteiger partial charge in [0.05, 0.1) is 34.1 Å². The lowest BCUT2D eigenvalue weighted by molar-refractivity contribution is 0.845. The quantitative estimate of drug-likeness (QED) is 0.199. The summed E-state index contributed by atoms with van der Waals surface area (Å²) in [4.78, 5) is 4.90. The first-order valence-corrected chi connectivity index (χ1v) is 16.1. The normalized spacial score (nSPS) is 16.7. The minimum Gasteiger partial charge on any atom is -0.363 e. The van der Waals surface area contributed by atoms with Crippen LogP contribution >= 0.6 is 0 Å². The van der Waals surface area contributed by atoms with Crippen LogP contribution in [0.2, 0.25) is 0 Å². The highest BCUT2D eigenvalue weighted by molar-refractivity contribution is 6.19. The Bertz CT molecular complexity index is 2140. The van der Waals surface area contributed by atoms with E-state index in [-0.39, 0.29) is 12.3 Å². The predicted molar refractivity (Wildman–Crippen MR) is 196 cm³/mol. The van der Waals surface area contributed by atoms with Gasteiger partial charge in [0.25, 0.3) is 0 Å². The zero-order chi connectivity index (χ0) is 30.8. The summed E-state index contributed by atoms with van der Waals surface area (Å²) in [5.41, 5.74) is 12.1. The van der Waals surface area contributed by atoms with Crippen LogP contribution in [0.1, 0.15) is 13.8 Å². The van der Waals surface area contributed by atoms with Crippen molar-refractivity contribution in [1.29, 1.82) is 0 Å². The average Bonchev–Trinajstić information content (AvgIpc) is 3.62. The van der Waals surface area contributed by atoms with Gasteiger partial charge in [-0.3, -0.25) is 0 Å². The van der Waals surface area contributed by atoms with E-state index in [1.54, 1.807) is 0 Å². The Kier molecular flexibility index (Phi) is 6.04. The second-order valence-electron chi connectivity index (χ2n) is 12.4. The van der Waals surface area contributed by atoms with E-state index < -0.39 is 0 Å². The number of hydrogen-bond donors (Lipinski definition) is 2. The van der Waals surface area contributed by atoms with Crippen LogP contribution in [0.3, 0.4) is 0 Å². The van der Waals surface area contributed by atoms with Gasteiger partial charge >= 0.3 is 0 Å². The topological polar surface area (TPSA) is 30.5 Å². The van der Waals surface area contributed by atoms with E-state index >= 15 is 0 Å². The second kappa shape index (κ2) is 10.4. The molecule has 2 unspecified atom stereocenters. The lowest BCUT2D eigenvalue weighted by Gasteiger charge is -2.28. The molecule has 0 aromatic heterocycles. The average molecular weight is 595 g/mol. The summed E-state index contributed by atoms with van der Waals surface area (Å²) in [5, 5.41) is 12.4. The largest absolute Gasteiger partial charge is 0.363 e. The molecule has 222 valence electrons. The van der Waals surface area contributed by atoms with E-state index in [0.29, 0.717) is 0 Å². The number of rotatable bonds is 4. The Balaban J connectivity index is 1.33. The molecule has 2 aliphatic rings. The van der Waals surface area contributed by atoms with Crippen LogP contribution < -0.4 is 20.4 Å². The maximum Gasteiger partial charge on any atom is 0.101 e. The van der Waals surface area contributed by atoms with E-state index in [1.807, 2.05) is 0 Å². The highest BCUT2D eigenvalue weighted by Gasteiger charge is 2.30. The molecule has 0 amide bonds. The molecule has 2 N–H and O–H groups in total. The van der Waals surface area contributed by atoms with Crippen LogP contribution in [0.15, 0.2) is 146 Å². The number of nitrogens with zero attached hydrogens (tertiary/aromatic N) is 2. The number of fused-ring (bicyclic) bond motifs is 4. The molecule has 0 fully saturated rings. The van der Waals surface area contributed by atoms with Crippen LogP contribution in [-0.4, -0.2) is 12.3 Å². The molecule has 46 heavy (non-hydrogen) atoms. The molecule has 0 radical (unpaired) electrons. The van der Waals surface area contributed by atoms with Crippen molar-refractivity contribution in [3.05, 3.63) is 146 Å². The van der Waals surface area contributed by atoms with Crippen molar-refractivity contribution in [3.8, 4) is 22.3 Å². The Morgan fingerprint density at radius 1 is 0.391 bits per heavy atom. The molecule has 2 heterocycles. The first-order chi connectivity index (χ1) is 22.7. The SMILES string of the molecule is CC1Nc2ccccc2N1c1cccc2c(-c3ccc(-c4ccccc4)cc3)c3cccc(N4c5ccccc5NC4C)c3cc12. The number of nitrogens with one attached hydrogen (secondary N) is 2. The molecule has 7 aromatic rings. The molecular weight excluding hydrogens is 560 g/mol. The summed E-state index contributed by atoms with van der Waals surface area (Å²) in [6.07, 6.45) is 0.245. The minimum atomic E-state index is 0.122. The van der Waals surface area contributed by atoms with E-state index in [1.165, 1.54) is 77.9 Å². The van der Waals surface area contributed by atoms with Gasteiger partial charge in [0.2, 0.25) is 0 Å². The summed E-state index contributed by atoms with van der Waals surface area (Å²) < 4.78 is 0. The third kappa shape index (κ3) is 4.07. The fourth-order valence-corrected chi connectivity index (χ4v) is 7.61. The summed E-state index contributed by atoms with van der Waals surface area (Å²) in [6, 6.07) is 52.9. The second-order valence-corrected chi connectivity index (χ2v) is 12.4. The monoisotopic (exact) mass is 594 g/mol. The fourth-order valence-electron chi connectivity index (χ4n) is 7.61. The Morgan fingerprint density at radius 3 is 1.37 bits per heavy atom. The highest BCUT2D eigenvalue weighted by atomic mass is 15.3. The summed E-state index contributed by atoms with van der Waals surface area (Å²) in [5.74, 6) is 0. The molecule has 4 heteroatoms. The molecular formula is C42H34N4. The van der Waals surface area contributed by atoms with Crippen molar-refractivity contribution in [3.63, 3.8) is 0 Å². The van der Waals surface area contributed by atoms with Gasteiger partial charge in [-0.25, -0.2) is 0 Å². The molecule has 2 atom stereocenters. The molecule has 0 bridgehead atoms. The molecule has 0 aliphatic carbocycles. The van der Waals surface area contributed by atoms with Crippen LogP contribution in [0.4, 0.5) is 34.1 Å². The van der Waals surface area contributed by atoms with E-state index in [2.05, 4.69) is 180 Å². The van der Waals surface area contributed by atoms with Crippen molar-refractivity contribution in [2.24, 2.45) is 0 Å². The lowest BCUT2D eigenvalue weighted by atomic mass is 9.89. The van der Waals surface area contributed by atoms with Crippen molar-refractivity contribution < 1.29 is 0 Å². The van der Waals surface area contributed by atoms with Gasteiger partial charge in [0.15, 0.2) is 0 Å². The van der Waals surface area contributed by atoms with Crippen molar-refractivity contribution in [2.75, 3.05) is 20.4 Å². The minimum absolute atomic E-state index is 0.122. The molecule has 0 spiro atoms. The summed E-state index contributed by atoms with van der Waals surface area (Å²) in [6.45, 7) is 4.48. The standard InChI is InChI=1S/C42H34N4/c1-27-43-36-16-6-8-18-40(36)45(27)38-20-10-14-32-34(38)26-35-33(42(32)31-24-22-30(23-25-31)29-12-4-3-5-13-29)15-11-21-39(35)46-28(2)44-37-17-7-9-19-41(37)46/h3-28,43-44H,1-2H3. The Labute approximate surface area is 269 Å². The zero-order valence-corrected chi connectivity index (χ0v) is 25.9. The first-order valence-electron chi connectivity index (χ1n) is 16.1. The van der Waals surface area contributed by atoms with Gasteiger partial charge in [0.1, 0.15) is 12.3 Å². The van der Waals surface area contributed by atoms with Crippen LogP contribution in [0, 0.1) is 0 Å². The number of hydrogen-bond acceptors (Lipinski definition) is 4. The molecule has 0 saturated carbocycles. The maximum absolute atomic E-state index is 3.70. The van der Waals surface area contributed by atoms with E-state index in [9.17, 15) is 0 Å². The first kappa shape index (κ1) is 26.6. The molecule has 4 nitrogen and oxygen atoms in total. The van der Waals surface area contributed by atoms with Crippen LogP contribution in [0.5, 0.6) is 0 Å². The lowest BCUT2D eigenvalue weighted by Crippen LogP contribution is -2.28. The highest BCUT2D eigenvalue weighted by Crippen LogP contribution is 2.49. The summed E-state index contributed by atoms with van der Waals surface area (Å²) >= 11 is 0. The Hall–Kier alpha value is -5.74. The molecule has 9 rings (SSSR count). The molecule has 2 aliphatic heterocycles. The number of anilines is 6. The third-order valence-corrected chi connectivity index (χ3v) is 9.62. The van der Waals surface area contributed by atoms with Gasteiger partial charge in [-0.1, -0.05) is 103 Å². The zero-order valence-electron chi connectivity index (χ0n) is 25.9. The number of para-hydroxylation sites is 4. The van der Waals surface area contributed by atoms with Gasteiger partial charge in [-0.2, -0.15) is 0 Å². The van der Waals surface area contributed by atoms with Gasteiger partial charge in [-0.15, -0.1) is 0 Å². The number of benzene rings is 7. The van der Waals surface area contributed by atoms with Gasteiger partial charge in [0, 0.05) is 10.8 Å². The summed E-state index contributed by atoms with van der Waals surface area (Å²) in [7, 11) is 0. The molecule has 7 aromatic carbocycles. The van der Waals surface area contributed by atoms with E-state index in [4.69, 9.17) is 0 Å².